The fourth-order valence-corrected chi connectivity index (χ4v) is 4.59. The number of hydrogen-bond acceptors (Lipinski definition) is 4. The minimum absolute atomic E-state index is 0.360. The minimum atomic E-state index is 0.360. The molecule has 38 heavy (non-hydrogen) atoms. The Balaban J connectivity index is 1.80. The van der Waals surface area contributed by atoms with Crippen LogP contribution in [0.5, 0.6) is 23.0 Å². The van der Waals surface area contributed by atoms with Crippen molar-refractivity contribution in [2.75, 3.05) is 28.4 Å². The molecule has 0 amide bonds. The normalized spacial score (nSPS) is 13.1. The first-order chi connectivity index (χ1) is 18.4. The standard InChI is InChI=1S/C34H42O4/c1-9-23(3)33-29(35-5)19-27(20-30(33)36-6)17-15-25-11-13-26(14-12-25)16-18-28-21-31(37-7)34(24(4)10-2)32(22-28)38-8/h11-24H,9-10H2,1-8H3/b17-15+,18-16+. The van der Waals surface area contributed by atoms with E-state index in [1.807, 2.05) is 0 Å². The summed E-state index contributed by atoms with van der Waals surface area (Å²) in [5, 5.41) is 0. The molecule has 0 saturated carbocycles. The van der Waals surface area contributed by atoms with Gasteiger partial charge in [0.25, 0.3) is 0 Å². The van der Waals surface area contributed by atoms with Crippen LogP contribution in [0.15, 0.2) is 48.5 Å². The molecule has 4 heteroatoms. The summed E-state index contributed by atoms with van der Waals surface area (Å²) >= 11 is 0. The zero-order valence-electron chi connectivity index (χ0n) is 24.1. The van der Waals surface area contributed by atoms with Gasteiger partial charge in [0, 0.05) is 11.1 Å². The molecule has 0 bridgehead atoms. The maximum atomic E-state index is 5.70. The van der Waals surface area contributed by atoms with Crippen LogP contribution in [0.1, 0.15) is 85.8 Å². The topological polar surface area (TPSA) is 36.9 Å². The molecular formula is C34H42O4. The first-order valence-corrected chi connectivity index (χ1v) is 13.4. The minimum Gasteiger partial charge on any atom is -0.496 e. The molecule has 0 fully saturated rings. The average Bonchev–Trinajstić information content (AvgIpc) is 2.97. The summed E-state index contributed by atoms with van der Waals surface area (Å²) in [7, 11) is 6.86. The van der Waals surface area contributed by atoms with Gasteiger partial charge in [0.2, 0.25) is 0 Å². The van der Waals surface area contributed by atoms with Gasteiger partial charge in [-0.25, -0.2) is 0 Å². The molecule has 0 aromatic heterocycles. The predicted octanol–water partition coefficient (Wildman–Crippen LogP) is 9.09. The van der Waals surface area contributed by atoms with Crippen LogP contribution >= 0.6 is 0 Å². The maximum Gasteiger partial charge on any atom is 0.126 e. The van der Waals surface area contributed by atoms with Gasteiger partial charge in [0.05, 0.1) is 28.4 Å². The molecule has 3 aromatic rings. The molecule has 3 rings (SSSR count). The highest BCUT2D eigenvalue weighted by molar-refractivity contribution is 5.75. The monoisotopic (exact) mass is 514 g/mol. The quantitative estimate of drug-likeness (QED) is 0.226. The van der Waals surface area contributed by atoms with Crippen molar-refractivity contribution in [2.24, 2.45) is 0 Å². The fraction of sp³-hybridized carbons (Fsp3) is 0.353. The highest BCUT2D eigenvalue weighted by Gasteiger charge is 2.18. The van der Waals surface area contributed by atoms with Crippen LogP contribution in [-0.4, -0.2) is 28.4 Å². The van der Waals surface area contributed by atoms with Gasteiger partial charge in [0.1, 0.15) is 23.0 Å². The van der Waals surface area contributed by atoms with Crippen molar-refractivity contribution in [1.82, 2.24) is 0 Å². The molecule has 0 saturated heterocycles. The molecule has 0 aliphatic carbocycles. The van der Waals surface area contributed by atoms with E-state index in [0.29, 0.717) is 11.8 Å². The molecule has 0 spiro atoms. The largest absolute Gasteiger partial charge is 0.496 e. The summed E-state index contributed by atoms with van der Waals surface area (Å²) in [6.07, 6.45) is 10.4. The molecule has 0 heterocycles. The Morgan fingerprint density at radius 3 is 1.00 bits per heavy atom. The van der Waals surface area contributed by atoms with E-state index in [2.05, 4.69) is 101 Å². The lowest BCUT2D eigenvalue weighted by Crippen LogP contribution is -2.01. The summed E-state index contributed by atoms with van der Waals surface area (Å²) in [6.45, 7) is 8.74. The summed E-state index contributed by atoms with van der Waals surface area (Å²) in [4.78, 5) is 0. The van der Waals surface area contributed by atoms with Crippen molar-refractivity contribution in [3.05, 3.63) is 81.9 Å². The maximum absolute atomic E-state index is 5.70. The van der Waals surface area contributed by atoms with Crippen LogP contribution in [0.25, 0.3) is 24.3 Å². The second-order valence-electron chi connectivity index (χ2n) is 9.63. The van der Waals surface area contributed by atoms with Crippen molar-refractivity contribution in [2.45, 2.75) is 52.4 Å². The first kappa shape index (κ1) is 28.9. The van der Waals surface area contributed by atoms with E-state index >= 15 is 0 Å². The SMILES string of the molecule is CCC(C)c1c(OC)cc(/C=C/c2ccc(/C=C/c3cc(OC)c(C(C)CC)c(OC)c3)cc2)cc1OC. The molecule has 3 aromatic carbocycles. The van der Waals surface area contributed by atoms with Crippen molar-refractivity contribution in [3.63, 3.8) is 0 Å². The van der Waals surface area contributed by atoms with Crippen molar-refractivity contribution in [3.8, 4) is 23.0 Å². The van der Waals surface area contributed by atoms with Gasteiger partial charge in [-0.05, 0) is 71.2 Å². The molecule has 2 atom stereocenters. The first-order valence-electron chi connectivity index (χ1n) is 13.4. The third kappa shape index (κ3) is 6.80. The average molecular weight is 515 g/mol. The Hall–Kier alpha value is -3.66. The van der Waals surface area contributed by atoms with Gasteiger partial charge >= 0.3 is 0 Å². The number of ether oxygens (including phenoxy) is 4. The molecule has 0 N–H and O–H groups in total. The molecule has 4 nitrogen and oxygen atoms in total. The van der Waals surface area contributed by atoms with Gasteiger partial charge in [-0.15, -0.1) is 0 Å². The second kappa shape index (κ2) is 13.8. The van der Waals surface area contributed by atoms with Gasteiger partial charge in [-0.1, -0.05) is 76.3 Å². The molecular weight excluding hydrogens is 472 g/mol. The van der Waals surface area contributed by atoms with Gasteiger partial charge < -0.3 is 18.9 Å². The molecule has 0 aliphatic rings. The molecule has 0 radical (unpaired) electrons. The van der Waals surface area contributed by atoms with E-state index in [-0.39, 0.29) is 0 Å². The zero-order valence-corrected chi connectivity index (χ0v) is 24.1. The van der Waals surface area contributed by atoms with Crippen molar-refractivity contribution >= 4 is 24.3 Å². The Bertz CT molecular complexity index is 1110. The highest BCUT2D eigenvalue weighted by Crippen LogP contribution is 2.39. The van der Waals surface area contributed by atoms with E-state index in [9.17, 15) is 0 Å². The molecule has 202 valence electrons. The fourth-order valence-electron chi connectivity index (χ4n) is 4.59. The summed E-state index contributed by atoms with van der Waals surface area (Å²) in [6, 6.07) is 16.8. The predicted molar refractivity (Wildman–Crippen MR) is 161 cm³/mol. The molecule has 2 unspecified atom stereocenters. The van der Waals surface area contributed by atoms with Crippen LogP contribution < -0.4 is 18.9 Å². The van der Waals surface area contributed by atoms with Crippen LogP contribution in [-0.2, 0) is 0 Å². The lowest BCUT2D eigenvalue weighted by atomic mass is 9.94. The Labute approximate surface area is 228 Å². The van der Waals surface area contributed by atoms with Crippen molar-refractivity contribution < 1.29 is 18.9 Å². The third-order valence-electron chi connectivity index (χ3n) is 7.22. The van der Waals surface area contributed by atoms with Crippen LogP contribution in [0.2, 0.25) is 0 Å². The van der Waals surface area contributed by atoms with Crippen LogP contribution in [0, 0.1) is 0 Å². The summed E-state index contributed by atoms with van der Waals surface area (Å²) in [5.41, 5.74) is 6.56. The Morgan fingerprint density at radius 2 is 0.763 bits per heavy atom. The van der Waals surface area contributed by atoms with Crippen LogP contribution in [0.4, 0.5) is 0 Å². The van der Waals surface area contributed by atoms with Gasteiger partial charge in [0.15, 0.2) is 0 Å². The summed E-state index contributed by atoms with van der Waals surface area (Å²) in [5.74, 6) is 4.18. The van der Waals surface area contributed by atoms with Gasteiger partial charge in [-0.2, -0.15) is 0 Å². The Kier molecular flexibility index (Phi) is 10.5. The van der Waals surface area contributed by atoms with E-state index < -0.39 is 0 Å². The lowest BCUT2D eigenvalue weighted by Gasteiger charge is -2.18. The van der Waals surface area contributed by atoms with Gasteiger partial charge in [-0.3, -0.25) is 0 Å². The number of methoxy groups -OCH3 is 4. The number of benzene rings is 3. The smallest absolute Gasteiger partial charge is 0.126 e. The third-order valence-corrected chi connectivity index (χ3v) is 7.22. The number of hydrogen-bond donors (Lipinski definition) is 0. The Morgan fingerprint density at radius 1 is 0.500 bits per heavy atom. The van der Waals surface area contributed by atoms with E-state index in [0.717, 1.165) is 69.2 Å². The van der Waals surface area contributed by atoms with Crippen molar-refractivity contribution in [1.29, 1.82) is 0 Å². The summed E-state index contributed by atoms with van der Waals surface area (Å²) < 4.78 is 22.8. The second-order valence-corrected chi connectivity index (χ2v) is 9.63. The zero-order chi connectivity index (χ0) is 27.7. The highest BCUT2D eigenvalue weighted by atomic mass is 16.5. The number of rotatable bonds is 12. The van der Waals surface area contributed by atoms with E-state index in [4.69, 9.17) is 18.9 Å². The van der Waals surface area contributed by atoms with E-state index in [1.165, 1.54) is 0 Å². The molecule has 0 aliphatic heterocycles. The van der Waals surface area contributed by atoms with E-state index in [1.54, 1.807) is 28.4 Å². The van der Waals surface area contributed by atoms with Crippen LogP contribution in [0.3, 0.4) is 0 Å². The lowest BCUT2D eigenvalue weighted by molar-refractivity contribution is 0.379.